The number of hydrogen-bond donors (Lipinski definition) is 1. The first kappa shape index (κ1) is 10.9. The topological polar surface area (TPSA) is 69.4 Å². The maximum absolute atomic E-state index is 10.7. The Balaban J connectivity index is 2.53. The molecule has 5 heteroatoms. The quantitative estimate of drug-likeness (QED) is 0.739. The Morgan fingerprint density at radius 3 is 2.54 bits per heavy atom. The van der Waals surface area contributed by atoms with E-state index >= 15 is 0 Å². The van der Waals surface area contributed by atoms with Crippen LogP contribution in [0.15, 0.2) is 0 Å². The summed E-state index contributed by atoms with van der Waals surface area (Å²) in [4.78, 5) is 0. The molecule has 4 nitrogen and oxygen atoms in total. The van der Waals surface area contributed by atoms with Gasteiger partial charge in [-0.3, -0.25) is 4.18 Å². The lowest BCUT2D eigenvalue weighted by atomic mass is 9.76. The first-order valence-electron chi connectivity index (χ1n) is 4.50. The van der Waals surface area contributed by atoms with Crippen LogP contribution in [0.25, 0.3) is 0 Å². The summed E-state index contributed by atoms with van der Waals surface area (Å²) in [5.41, 5.74) is 0.174. The molecule has 0 aliphatic heterocycles. The molecule has 1 aliphatic rings. The highest BCUT2D eigenvalue weighted by Crippen LogP contribution is 2.36. The van der Waals surface area contributed by atoms with Crippen LogP contribution < -0.4 is 5.14 Å². The van der Waals surface area contributed by atoms with Gasteiger partial charge in [-0.1, -0.05) is 20.3 Å². The van der Waals surface area contributed by atoms with Gasteiger partial charge in [-0.15, -0.1) is 0 Å². The van der Waals surface area contributed by atoms with E-state index in [0.717, 1.165) is 25.7 Å². The summed E-state index contributed by atoms with van der Waals surface area (Å²) in [6.07, 6.45) is 3.47. The van der Waals surface area contributed by atoms with Crippen molar-refractivity contribution >= 4 is 10.3 Å². The molecule has 0 amide bonds. The summed E-state index contributed by atoms with van der Waals surface area (Å²) in [6, 6.07) is 0. The molecular formula is C8H17NO3S. The predicted octanol–water partition coefficient (Wildman–Crippen LogP) is 1.18. The van der Waals surface area contributed by atoms with Gasteiger partial charge in [0.15, 0.2) is 0 Å². The van der Waals surface area contributed by atoms with Gasteiger partial charge in [-0.25, -0.2) is 5.14 Å². The standard InChI is InChI=1S/C8H17NO3S/c1-8(2)5-3-4-7(6-8)12-13(9,10)11/h7H,3-6H2,1-2H3,(H2,9,10,11). The molecule has 1 aliphatic carbocycles. The number of hydrogen-bond acceptors (Lipinski definition) is 3. The van der Waals surface area contributed by atoms with Crippen LogP contribution >= 0.6 is 0 Å². The second-order valence-corrected chi connectivity index (χ2v) is 5.65. The van der Waals surface area contributed by atoms with Crippen molar-refractivity contribution in [2.75, 3.05) is 0 Å². The third kappa shape index (κ3) is 4.06. The lowest BCUT2D eigenvalue weighted by molar-refractivity contribution is 0.0904. The van der Waals surface area contributed by atoms with Crippen molar-refractivity contribution < 1.29 is 12.6 Å². The SMILES string of the molecule is CC1(C)CCCC(OS(N)(=O)=O)C1. The fourth-order valence-electron chi connectivity index (χ4n) is 1.90. The van der Waals surface area contributed by atoms with Crippen molar-refractivity contribution in [3.8, 4) is 0 Å². The monoisotopic (exact) mass is 207 g/mol. The van der Waals surface area contributed by atoms with Crippen LogP contribution in [0, 0.1) is 5.41 Å². The zero-order chi connectivity index (χ0) is 10.1. The Morgan fingerprint density at radius 1 is 1.46 bits per heavy atom. The molecule has 13 heavy (non-hydrogen) atoms. The van der Waals surface area contributed by atoms with E-state index in [9.17, 15) is 8.42 Å². The average molecular weight is 207 g/mol. The molecule has 0 aromatic carbocycles. The summed E-state index contributed by atoms with van der Waals surface area (Å²) >= 11 is 0. The fourth-order valence-corrected chi connectivity index (χ4v) is 2.44. The lowest BCUT2D eigenvalue weighted by Gasteiger charge is -2.34. The smallest absolute Gasteiger partial charge is 0.255 e. The van der Waals surface area contributed by atoms with E-state index in [1.165, 1.54) is 0 Å². The Hall–Kier alpha value is -0.130. The minimum absolute atomic E-state index is 0.174. The van der Waals surface area contributed by atoms with Crippen LogP contribution in [0.5, 0.6) is 0 Å². The van der Waals surface area contributed by atoms with E-state index in [1.54, 1.807) is 0 Å². The predicted molar refractivity (Wildman–Crippen MR) is 50.2 cm³/mol. The maximum atomic E-state index is 10.7. The average Bonchev–Trinajstić information content (AvgIpc) is 1.79. The Morgan fingerprint density at radius 2 is 2.08 bits per heavy atom. The summed E-state index contributed by atoms with van der Waals surface area (Å²) < 4.78 is 26.1. The van der Waals surface area contributed by atoms with E-state index in [4.69, 9.17) is 9.32 Å². The normalized spacial score (nSPS) is 28.7. The van der Waals surface area contributed by atoms with Gasteiger partial charge in [0.05, 0.1) is 6.10 Å². The first-order valence-corrected chi connectivity index (χ1v) is 5.97. The molecule has 1 atom stereocenters. The Labute approximate surface area is 79.7 Å². The zero-order valence-corrected chi connectivity index (χ0v) is 8.93. The van der Waals surface area contributed by atoms with Gasteiger partial charge in [0.1, 0.15) is 0 Å². The second kappa shape index (κ2) is 3.55. The first-order chi connectivity index (χ1) is 5.79. The van der Waals surface area contributed by atoms with Gasteiger partial charge in [-0.2, -0.15) is 8.42 Å². The van der Waals surface area contributed by atoms with Crippen LogP contribution in [-0.4, -0.2) is 14.5 Å². The van der Waals surface area contributed by atoms with Crippen molar-refractivity contribution in [3.63, 3.8) is 0 Å². The van der Waals surface area contributed by atoms with Crippen molar-refractivity contribution in [1.29, 1.82) is 0 Å². The molecular weight excluding hydrogens is 190 g/mol. The van der Waals surface area contributed by atoms with Crippen molar-refractivity contribution in [2.24, 2.45) is 10.6 Å². The molecule has 1 fully saturated rings. The van der Waals surface area contributed by atoms with Crippen LogP contribution in [0.2, 0.25) is 0 Å². The molecule has 1 unspecified atom stereocenters. The van der Waals surface area contributed by atoms with E-state index in [0.29, 0.717) is 0 Å². The molecule has 0 spiro atoms. The Bertz CT molecular complexity index is 271. The summed E-state index contributed by atoms with van der Waals surface area (Å²) in [7, 11) is -3.77. The number of rotatable bonds is 2. The van der Waals surface area contributed by atoms with Crippen LogP contribution in [0.3, 0.4) is 0 Å². The minimum Gasteiger partial charge on any atom is -0.255 e. The molecule has 0 aromatic heterocycles. The van der Waals surface area contributed by atoms with Crippen LogP contribution in [-0.2, 0) is 14.5 Å². The van der Waals surface area contributed by atoms with Crippen molar-refractivity contribution in [1.82, 2.24) is 0 Å². The van der Waals surface area contributed by atoms with Gasteiger partial charge in [0, 0.05) is 0 Å². The zero-order valence-electron chi connectivity index (χ0n) is 8.12. The van der Waals surface area contributed by atoms with Gasteiger partial charge < -0.3 is 0 Å². The van der Waals surface area contributed by atoms with Crippen molar-refractivity contribution in [3.05, 3.63) is 0 Å². The number of nitrogens with two attached hydrogens (primary N) is 1. The van der Waals surface area contributed by atoms with Gasteiger partial charge in [0.25, 0.3) is 0 Å². The molecule has 0 saturated heterocycles. The van der Waals surface area contributed by atoms with Crippen LogP contribution in [0.4, 0.5) is 0 Å². The highest BCUT2D eigenvalue weighted by Gasteiger charge is 2.30. The second-order valence-electron chi connectivity index (χ2n) is 4.47. The molecule has 0 bridgehead atoms. The summed E-state index contributed by atoms with van der Waals surface area (Å²) in [5, 5.41) is 4.80. The molecule has 0 radical (unpaired) electrons. The fraction of sp³-hybridized carbons (Fsp3) is 1.00. The van der Waals surface area contributed by atoms with Gasteiger partial charge in [-0.05, 0) is 24.7 Å². The maximum Gasteiger partial charge on any atom is 0.333 e. The molecule has 1 rings (SSSR count). The molecule has 0 aromatic rings. The van der Waals surface area contributed by atoms with E-state index in [-0.39, 0.29) is 11.5 Å². The molecule has 0 heterocycles. The summed E-state index contributed by atoms with van der Waals surface area (Å²) in [5.74, 6) is 0. The third-order valence-electron chi connectivity index (χ3n) is 2.43. The van der Waals surface area contributed by atoms with E-state index < -0.39 is 10.3 Å². The summed E-state index contributed by atoms with van der Waals surface area (Å²) in [6.45, 7) is 4.23. The van der Waals surface area contributed by atoms with Gasteiger partial charge in [0.2, 0.25) is 0 Å². The third-order valence-corrected chi connectivity index (χ3v) is 2.97. The van der Waals surface area contributed by atoms with E-state index in [2.05, 4.69) is 13.8 Å². The lowest BCUT2D eigenvalue weighted by Crippen LogP contribution is -2.32. The highest BCUT2D eigenvalue weighted by atomic mass is 32.2. The van der Waals surface area contributed by atoms with Gasteiger partial charge >= 0.3 is 10.3 Å². The molecule has 1 saturated carbocycles. The molecule has 2 N–H and O–H groups in total. The molecule has 78 valence electrons. The van der Waals surface area contributed by atoms with Crippen molar-refractivity contribution in [2.45, 2.75) is 45.6 Å². The highest BCUT2D eigenvalue weighted by molar-refractivity contribution is 7.84. The minimum atomic E-state index is -3.77. The van der Waals surface area contributed by atoms with Crippen LogP contribution in [0.1, 0.15) is 39.5 Å². The Kier molecular flexibility index (Phi) is 2.99. The van der Waals surface area contributed by atoms with E-state index in [1.807, 2.05) is 0 Å². The largest absolute Gasteiger partial charge is 0.333 e.